The maximum absolute atomic E-state index is 5.21. The summed E-state index contributed by atoms with van der Waals surface area (Å²) < 4.78 is 5.21. The first kappa shape index (κ1) is 13.3. The maximum atomic E-state index is 5.21. The van der Waals surface area contributed by atoms with Crippen molar-refractivity contribution >= 4 is 11.8 Å². The highest BCUT2D eigenvalue weighted by atomic mass is 32.2. The Morgan fingerprint density at radius 1 is 1.31 bits per heavy atom. The molecule has 0 aliphatic rings. The molecular formula is C10H23NOS. The lowest BCUT2D eigenvalue weighted by molar-refractivity contribution is 0.150. The molecule has 1 unspecified atom stereocenters. The van der Waals surface area contributed by atoms with Crippen LogP contribution in [0.15, 0.2) is 0 Å². The smallest absolute Gasteiger partial charge is 0.0590 e. The van der Waals surface area contributed by atoms with Gasteiger partial charge in [-0.2, -0.15) is 11.8 Å². The summed E-state index contributed by atoms with van der Waals surface area (Å²) in [5, 5.41) is 4.15. The molecule has 80 valence electrons. The lowest BCUT2D eigenvalue weighted by Crippen LogP contribution is -2.22. The Morgan fingerprint density at radius 2 is 2.08 bits per heavy atom. The van der Waals surface area contributed by atoms with E-state index in [2.05, 4.69) is 19.2 Å². The molecular weight excluding hydrogens is 182 g/mol. The van der Waals surface area contributed by atoms with Crippen LogP contribution in [0.2, 0.25) is 0 Å². The van der Waals surface area contributed by atoms with Crippen LogP contribution in [-0.4, -0.2) is 37.3 Å². The van der Waals surface area contributed by atoms with Crippen molar-refractivity contribution in [3.05, 3.63) is 0 Å². The van der Waals surface area contributed by atoms with E-state index in [9.17, 15) is 0 Å². The summed E-state index contributed by atoms with van der Waals surface area (Å²) >= 11 is 2.04. The molecule has 13 heavy (non-hydrogen) atoms. The van der Waals surface area contributed by atoms with Crippen molar-refractivity contribution in [2.24, 2.45) is 0 Å². The molecule has 0 amide bonds. The van der Waals surface area contributed by atoms with Crippen molar-refractivity contribution in [3.63, 3.8) is 0 Å². The van der Waals surface area contributed by atoms with Crippen LogP contribution in [0.5, 0.6) is 0 Å². The molecule has 0 saturated heterocycles. The summed E-state index contributed by atoms with van der Waals surface area (Å²) in [6, 6.07) is 0. The first-order valence-electron chi connectivity index (χ1n) is 5.21. The summed E-state index contributed by atoms with van der Waals surface area (Å²) in [5.74, 6) is 1.21. The Hall–Kier alpha value is 0.270. The zero-order valence-electron chi connectivity index (χ0n) is 9.14. The Labute approximate surface area is 86.8 Å². The average molecular weight is 205 g/mol. The first-order chi connectivity index (χ1) is 6.31. The monoisotopic (exact) mass is 205 g/mol. The minimum Gasteiger partial charge on any atom is -0.380 e. The molecule has 0 radical (unpaired) electrons. The van der Waals surface area contributed by atoms with Crippen LogP contribution in [0.4, 0.5) is 0 Å². The van der Waals surface area contributed by atoms with Gasteiger partial charge in [0, 0.05) is 30.7 Å². The van der Waals surface area contributed by atoms with E-state index in [1.54, 1.807) is 0 Å². The van der Waals surface area contributed by atoms with Gasteiger partial charge in [0.05, 0.1) is 6.61 Å². The molecule has 0 heterocycles. The highest BCUT2D eigenvalue weighted by molar-refractivity contribution is 7.99. The van der Waals surface area contributed by atoms with Gasteiger partial charge >= 0.3 is 0 Å². The fraction of sp³-hybridized carbons (Fsp3) is 1.00. The van der Waals surface area contributed by atoms with Gasteiger partial charge in [-0.15, -0.1) is 0 Å². The van der Waals surface area contributed by atoms with Crippen LogP contribution in [0, 0.1) is 0 Å². The van der Waals surface area contributed by atoms with Crippen molar-refractivity contribution in [1.29, 1.82) is 0 Å². The highest BCUT2D eigenvalue weighted by Gasteiger charge is 1.97. The molecule has 0 fully saturated rings. The third-order valence-electron chi connectivity index (χ3n) is 1.88. The predicted octanol–water partition coefficient (Wildman–Crippen LogP) is 2.14. The second-order valence-corrected chi connectivity index (χ2v) is 4.58. The van der Waals surface area contributed by atoms with E-state index in [0.717, 1.165) is 31.6 Å². The predicted molar refractivity (Wildman–Crippen MR) is 61.6 cm³/mol. The Kier molecular flexibility index (Phi) is 10.6. The van der Waals surface area contributed by atoms with Crippen molar-refractivity contribution in [2.45, 2.75) is 32.4 Å². The molecule has 1 atom stereocenters. The van der Waals surface area contributed by atoms with Gasteiger partial charge in [0.2, 0.25) is 0 Å². The summed E-state index contributed by atoms with van der Waals surface area (Å²) in [7, 11) is 0. The van der Waals surface area contributed by atoms with Gasteiger partial charge in [-0.1, -0.05) is 13.8 Å². The summed E-state index contributed by atoms with van der Waals surface area (Å²) in [6.07, 6.45) is 1.27. The van der Waals surface area contributed by atoms with Crippen LogP contribution >= 0.6 is 11.8 Å². The van der Waals surface area contributed by atoms with Crippen molar-refractivity contribution in [2.75, 3.05) is 32.1 Å². The Balaban J connectivity index is 2.91. The van der Waals surface area contributed by atoms with E-state index < -0.39 is 0 Å². The normalized spacial score (nSPS) is 13.2. The van der Waals surface area contributed by atoms with Gasteiger partial charge in [-0.25, -0.2) is 0 Å². The molecule has 1 N–H and O–H groups in total. The molecule has 2 nitrogen and oxygen atoms in total. The van der Waals surface area contributed by atoms with E-state index in [0.29, 0.717) is 0 Å². The molecule has 0 bridgehead atoms. The number of thioether (sulfide) groups is 1. The quantitative estimate of drug-likeness (QED) is 0.583. The molecule has 0 saturated carbocycles. The van der Waals surface area contributed by atoms with Gasteiger partial charge in [-0.05, 0) is 13.3 Å². The minimum absolute atomic E-state index is 0.800. The highest BCUT2D eigenvalue weighted by Crippen LogP contribution is 2.11. The standard InChI is InChI=1S/C10H23NOS/c1-4-10(3)13-9-7-11-6-8-12-5-2/h10-11H,4-9H2,1-3H3. The van der Waals surface area contributed by atoms with Crippen LogP contribution in [0.25, 0.3) is 0 Å². The second-order valence-electron chi connectivity index (χ2n) is 3.04. The summed E-state index contributed by atoms with van der Waals surface area (Å²) in [6.45, 7) is 10.3. The van der Waals surface area contributed by atoms with E-state index in [-0.39, 0.29) is 0 Å². The summed E-state index contributed by atoms with van der Waals surface area (Å²) in [5.41, 5.74) is 0. The van der Waals surface area contributed by atoms with Gasteiger partial charge < -0.3 is 10.1 Å². The number of nitrogens with one attached hydrogen (secondary N) is 1. The largest absolute Gasteiger partial charge is 0.380 e. The SMILES string of the molecule is CCOCCNCCSC(C)CC. The van der Waals surface area contributed by atoms with E-state index >= 15 is 0 Å². The van der Waals surface area contributed by atoms with E-state index in [1.165, 1.54) is 12.2 Å². The van der Waals surface area contributed by atoms with Crippen molar-refractivity contribution in [1.82, 2.24) is 5.32 Å². The summed E-state index contributed by atoms with van der Waals surface area (Å²) in [4.78, 5) is 0. The minimum atomic E-state index is 0.800. The zero-order chi connectivity index (χ0) is 9.94. The number of hydrogen-bond donors (Lipinski definition) is 1. The molecule has 0 aromatic heterocycles. The van der Waals surface area contributed by atoms with Gasteiger partial charge in [-0.3, -0.25) is 0 Å². The van der Waals surface area contributed by atoms with Gasteiger partial charge in [0.1, 0.15) is 0 Å². The molecule has 0 spiro atoms. The zero-order valence-corrected chi connectivity index (χ0v) is 9.95. The third kappa shape index (κ3) is 10.2. The lowest BCUT2D eigenvalue weighted by atomic mass is 10.4. The molecule has 3 heteroatoms. The molecule has 0 rings (SSSR count). The Morgan fingerprint density at radius 3 is 2.69 bits per heavy atom. The average Bonchev–Trinajstić information content (AvgIpc) is 2.16. The van der Waals surface area contributed by atoms with Crippen molar-refractivity contribution in [3.8, 4) is 0 Å². The van der Waals surface area contributed by atoms with Crippen molar-refractivity contribution < 1.29 is 4.74 Å². The lowest BCUT2D eigenvalue weighted by Gasteiger charge is -2.08. The maximum Gasteiger partial charge on any atom is 0.0590 e. The Bertz CT molecular complexity index is 101. The number of rotatable bonds is 9. The van der Waals surface area contributed by atoms with Gasteiger partial charge in [0.25, 0.3) is 0 Å². The molecule has 0 aromatic rings. The second kappa shape index (κ2) is 10.4. The number of hydrogen-bond acceptors (Lipinski definition) is 3. The topological polar surface area (TPSA) is 21.3 Å². The number of ether oxygens (including phenoxy) is 1. The molecule has 0 aliphatic heterocycles. The first-order valence-corrected chi connectivity index (χ1v) is 6.26. The van der Waals surface area contributed by atoms with E-state index in [1.807, 2.05) is 18.7 Å². The van der Waals surface area contributed by atoms with Crippen LogP contribution < -0.4 is 5.32 Å². The van der Waals surface area contributed by atoms with Gasteiger partial charge in [0.15, 0.2) is 0 Å². The molecule has 0 aromatic carbocycles. The van der Waals surface area contributed by atoms with Crippen LogP contribution in [-0.2, 0) is 4.74 Å². The van der Waals surface area contributed by atoms with Crippen LogP contribution in [0.3, 0.4) is 0 Å². The fourth-order valence-corrected chi connectivity index (χ4v) is 1.76. The van der Waals surface area contributed by atoms with Crippen LogP contribution in [0.1, 0.15) is 27.2 Å². The third-order valence-corrected chi connectivity index (χ3v) is 3.23. The fourth-order valence-electron chi connectivity index (χ4n) is 0.864. The van der Waals surface area contributed by atoms with E-state index in [4.69, 9.17) is 4.74 Å². The molecule has 0 aliphatic carbocycles.